The van der Waals surface area contributed by atoms with Crippen LogP contribution < -0.4 is 19.9 Å². The maximum atomic E-state index is 12.9. The lowest BCUT2D eigenvalue weighted by Crippen LogP contribution is -2.10. The molecule has 4 rings (SSSR count). The van der Waals surface area contributed by atoms with E-state index in [0.717, 1.165) is 17.7 Å². The van der Waals surface area contributed by atoms with Gasteiger partial charge in [-0.1, -0.05) is 18.2 Å². The van der Waals surface area contributed by atoms with E-state index in [9.17, 15) is 18.0 Å². The molecule has 0 aliphatic carbocycles. The number of nitrogens with two attached hydrogens (primary N) is 1. The third-order valence-electron chi connectivity index (χ3n) is 4.98. The molecule has 2 aromatic carbocycles. The average molecular weight is 519 g/mol. The molecule has 0 atom stereocenters. The van der Waals surface area contributed by atoms with E-state index in [0.29, 0.717) is 27.1 Å². The van der Waals surface area contributed by atoms with E-state index in [1.807, 2.05) is 5.38 Å². The molecule has 4 aromatic rings. The zero-order chi connectivity index (χ0) is 25.7. The summed E-state index contributed by atoms with van der Waals surface area (Å²) in [6.07, 6.45) is -3.89. The van der Waals surface area contributed by atoms with Gasteiger partial charge in [-0.3, -0.25) is 0 Å². The van der Waals surface area contributed by atoms with Crippen molar-refractivity contribution >= 4 is 33.4 Å². The molecule has 2 heterocycles. The molecule has 11 heteroatoms. The van der Waals surface area contributed by atoms with Gasteiger partial charge in [0.2, 0.25) is 0 Å². The molecule has 0 aliphatic rings. The Morgan fingerprint density at radius 2 is 1.78 bits per heavy atom. The van der Waals surface area contributed by atoms with Crippen molar-refractivity contribution < 1.29 is 36.9 Å². The summed E-state index contributed by atoms with van der Waals surface area (Å²) in [5.74, 6) is 1.42. The first-order valence-corrected chi connectivity index (χ1v) is 11.6. The maximum Gasteiger partial charge on any atom is 0.513 e. The van der Waals surface area contributed by atoms with Crippen LogP contribution in [0.25, 0.3) is 10.1 Å². The van der Waals surface area contributed by atoms with Crippen LogP contribution >= 0.6 is 11.3 Å². The molecule has 0 fully saturated rings. The van der Waals surface area contributed by atoms with Crippen LogP contribution in [0.2, 0.25) is 0 Å². The molecular formula is C25H21F3N2O5S. The second-order valence-corrected chi connectivity index (χ2v) is 8.39. The summed E-state index contributed by atoms with van der Waals surface area (Å²) in [7, 11) is 0. The summed E-state index contributed by atoms with van der Waals surface area (Å²) in [4.78, 5) is 15.8. The number of nitrogens with zero attached hydrogens (tertiary/aromatic N) is 1. The zero-order valence-corrected chi connectivity index (χ0v) is 19.8. The number of benzene rings is 2. The number of aromatic nitrogens is 1. The average Bonchev–Trinajstić information content (AvgIpc) is 3.29. The van der Waals surface area contributed by atoms with Crippen LogP contribution in [0, 0.1) is 0 Å². The summed E-state index contributed by atoms with van der Waals surface area (Å²) in [5.41, 5.74) is 6.47. The van der Waals surface area contributed by atoms with E-state index in [2.05, 4.69) is 4.98 Å². The molecule has 0 radical (unpaired) electrons. The SMILES string of the molecule is CCOC(=O)Oc1cnc(N)c2c(COc3cccc(OCc4cccc(C(F)(F)F)c4)c3)csc12. The topological polar surface area (TPSA) is 92.9 Å². The molecule has 2 N–H and O–H groups in total. The van der Waals surface area contributed by atoms with Crippen molar-refractivity contribution in [2.24, 2.45) is 0 Å². The van der Waals surface area contributed by atoms with Gasteiger partial charge in [0.1, 0.15) is 30.5 Å². The molecule has 2 aromatic heterocycles. The van der Waals surface area contributed by atoms with E-state index in [-0.39, 0.29) is 31.4 Å². The minimum atomic E-state index is -4.42. The van der Waals surface area contributed by atoms with Crippen molar-refractivity contribution in [3.05, 3.63) is 76.8 Å². The van der Waals surface area contributed by atoms with Crippen LogP contribution in [0.3, 0.4) is 0 Å². The Bertz CT molecular complexity index is 1370. The Hall–Kier alpha value is -3.99. The highest BCUT2D eigenvalue weighted by atomic mass is 32.1. The lowest BCUT2D eigenvalue weighted by Gasteiger charge is -2.11. The number of nitrogen functional groups attached to an aromatic ring is 1. The van der Waals surface area contributed by atoms with Crippen LogP contribution in [0.4, 0.5) is 23.8 Å². The number of thiophene rings is 1. The summed E-state index contributed by atoms with van der Waals surface area (Å²) >= 11 is 1.32. The number of carbonyl (C=O) groups excluding carboxylic acids is 1. The molecule has 0 saturated carbocycles. The number of pyridine rings is 1. The van der Waals surface area contributed by atoms with Gasteiger partial charge in [-0.25, -0.2) is 9.78 Å². The number of ether oxygens (including phenoxy) is 4. The minimum Gasteiger partial charge on any atom is -0.489 e. The molecule has 0 bridgehead atoms. The number of rotatable bonds is 8. The quantitative estimate of drug-likeness (QED) is 0.263. The Morgan fingerprint density at radius 1 is 1.06 bits per heavy atom. The van der Waals surface area contributed by atoms with Gasteiger partial charge in [-0.15, -0.1) is 11.3 Å². The predicted molar refractivity (Wildman–Crippen MR) is 128 cm³/mol. The van der Waals surface area contributed by atoms with E-state index in [1.54, 1.807) is 37.3 Å². The lowest BCUT2D eigenvalue weighted by molar-refractivity contribution is -0.137. The second kappa shape index (κ2) is 10.7. The first-order valence-electron chi connectivity index (χ1n) is 10.8. The van der Waals surface area contributed by atoms with Crippen LogP contribution in [-0.2, 0) is 24.1 Å². The van der Waals surface area contributed by atoms with Gasteiger partial charge in [0.25, 0.3) is 0 Å². The summed E-state index contributed by atoms with van der Waals surface area (Å²) in [5, 5.41) is 2.44. The molecule has 0 amide bonds. The Labute approximate surface area is 208 Å². The van der Waals surface area contributed by atoms with Crippen LogP contribution in [0.15, 0.2) is 60.1 Å². The third kappa shape index (κ3) is 5.98. The third-order valence-corrected chi connectivity index (χ3v) is 6.03. The number of anilines is 1. The van der Waals surface area contributed by atoms with Crippen molar-refractivity contribution in [2.75, 3.05) is 12.3 Å². The van der Waals surface area contributed by atoms with E-state index >= 15 is 0 Å². The van der Waals surface area contributed by atoms with Crippen molar-refractivity contribution in [2.45, 2.75) is 26.3 Å². The van der Waals surface area contributed by atoms with Crippen molar-refractivity contribution in [1.29, 1.82) is 0 Å². The Balaban J connectivity index is 1.43. The van der Waals surface area contributed by atoms with Gasteiger partial charge in [-0.05, 0) is 42.1 Å². The normalized spacial score (nSPS) is 11.3. The highest BCUT2D eigenvalue weighted by Gasteiger charge is 2.30. The van der Waals surface area contributed by atoms with Gasteiger partial charge < -0.3 is 24.7 Å². The largest absolute Gasteiger partial charge is 0.513 e. The molecule has 0 unspecified atom stereocenters. The monoisotopic (exact) mass is 518 g/mol. The van der Waals surface area contributed by atoms with Gasteiger partial charge >= 0.3 is 12.3 Å². The minimum absolute atomic E-state index is 0.0337. The van der Waals surface area contributed by atoms with E-state index in [1.165, 1.54) is 23.6 Å². The number of alkyl halides is 3. The lowest BCUT2D eigenvalue weighted by atomic mass is 10.1. The molecule has 0 spiro atoms. The van der Waals surface area contributed by atoms with Crippen molar-refractivity contribution in [1.82, 2.24) is 4.98 Å². The maximum absolute atomic E-state index is 12.9. The van der Waals surface area contributed by atoms with Crippen LogP contribution in [0.1, 0.15) is 23.6 Å². The molecule has 0 saturated heterocycles. The predicted octanol–water partition coefficient (Wildman–Crippen LogP) is 6.59. The summed E-state index contributed by atoms with van der Waals surface area (Å²) in [6, 6.07) is 11.7. The van der Waals surface area contributed by atoms with E-state index in [4.69, 9.17) is 24.7 Å². The number of carbonyl (C=O) groups is 1. The Kier molecular flexibility index (Phi) is 7.49. The standard InChI is InChI=1S/C25H21F3N2O5S/c1-2-32-24(31)35-20-11-30-23(29)21-16(14-36-22(20)21)13-34-19-8-4-7-18(10-19)33-12-15-5-3-6-17(9-15)25(26,27)28/h3-11,14H,2,12-13H2,1H3,(H2,29,30). The number of hydrogen-bond donors (Lipinski definition) is 1. The fourth-order valence-corrected chi connectivity index (χ4v) is 4.35. The van der Waals surface area contributed by atoms with Gasteiger partial charge in [0, 0.05) is 17.0 Å². The first-order chi connectivity index (χ1) is 17.2. The fraction of sp³-hybridized carbons (Fsp3) is 0.200. The molecule has 188 valence electrons. The van der Waals surface area contributed by atoms with Crippen LogP contribution in [0.5, 0.6) is 17.2 Å². The summed E-state index contributed by atoms with van der Waals surface area (Å²) in [6.45, 7) is 1.96. The van der Waals surface area contributed by atoms with Crippen molar-refractivity contribution in [3.8, 4) is 17.2 Å². The van der Waals surface area contributed by atoms with Gasteiger partial charge in [0.05, 0.1) is 23.1 Å². The zero-order valence-electron chi connectivity index (χ0n) is 19.0. The number of halogens is 3. The Morgan fingerprint density at radius 3 is 2.50 bits per heavy atom. The van der Waals surface area contributed by atoms with Crippen molar-refractivity contribution in [3.63, 3.8) is 0 Å². The summed E-state index contributed by atoms with van der Waals surface area (Å²) < 4.78 is 61.0. The highest BCUT2D eigenvalue weighted by Crippen LogP contribution is 2.37. The fourth-order valence-electron chi connectivity index (χ4n) is 3.34. The van der Waals surface area contributed by atoms with E-state index < -0.39 is 17.9 Å². The first kappa shape index (κ1) is 25.1. The number of hydrogen-bond acceptors (Lipinski definition) is 8. The van der Waals surface area contributed by atoms with Gasteiger partial charge in [-0.2, -0.15) is 13.2 Å². The molecule has 0 aliphatic heterocycles. The van der Waals surface area contributed by atoms with Gasteiger partial charge in [0.15, 0.2) is 5.75 Å². The highest BCUT2D eigenvalue weighted by molar-refractivity contribution is 7.17. The molecule has 7 nitrogen and oxygen atoms in total. The molecule has 36 heavy (non-hydrogen) atoms. The van der Waals surface area contributed by atoms with Crippen LogP contribution in [-0.4, -0.2) is 17.7 Å². The molecular weight excluding hydrogens is 497 g/mol. The number of fused-ring (bicyclic) bond motifs is 1. The second-order valence-electron chi connectivity index (χ2n) is 7.51. The smallest absolute Gasteiger partial charge is 0.489 e.